The average Bonchev–Trinajstić information content (AvgIpc) is 2.70. The van der Waals surface area contributed by atoms with E-state index in [-0.39, 0.29) is 10.6 Å². The predicted molar refractivity (Wildman–Crippen MR) is 64.9 cm³/mol. The Labute approximate surface area is 104 Å². The van der Waals surface area contributed by atoms with Crippen LogP contribution >= 0.6 is 23.2 Å². The molecule has 1 aliphatic heterocycles. The number of hydrogen-bond acceptors (Lipinski definition) is 2. The molecule has 1 saturated heterocycles. The summed E-state index contributed by atoms with van der Waals surface area (Å²) in [5, 5.41) is 9.67. The van der Waals surface area contributed by atoms with Crippen LogP contribution in [-0.4, -0.2) is 24.2 Å². The van der Waals surface area contributed by atoms with Crippen molar-refractivity contribution in [3.63, 3.8) is 0 Å². The number of nitrogens with zero attached hydrogens (tertiary/aromatic N) is 1. The zero-order chi connectivity index (χ0) is 11.7. The second kappa shape index (κ2) is 4.52. The fraction of sp³-hybridized carbons (Fsp3) is 0.364. The molecule has 1 aliphatic rings. The summed E-state index contributed by atoms with van der Waals surface area (Å²) in [7, 11) is 0. The molecule has 1 aromatic carbocycles. The van der Waals surface area contributed by atoms with Gasteiger partial charge in [-0.1, -0.05) is 23.2 Å². The van der Waals surface area contributed by atoms with Gasteiger partial charge in [0.2, 0.25) is 0 Å². The second-order valence-electron chi connectivity index (χ2n) is 3.78. The van der Waals surface area contributed by atoms with E-state index < -0.39 is 5.97 Å². The third kappa shape index (κ3) is 2.11. The topological polar surface area (TPSA) is 40.5 Å². The molecule has 0 spiro atoms. The van der Waals surface area contributed by atoms with Crippen LogP contribution in [0.15, 0.2) is 12.1 Å². The van der Waals surface area contributed by atoms with E-state index in [1.807, 2.05) is 0 Å². The van der Waals surface area contributed by atoms with Crippen LogP contribution in [0.3, 0.4) is 0 Å². The first-order chi connectivity index (χ1) is 7.59. The summed E-state index contributed by atoms with van der Waals surface area (Å²) in [6, 6.07) is 3.05. The Morgan fingerprint density at radius 2 is 1.81 bits per heavy atom. The maximum Gasteiger partial charge on any atom is 0.337 e. The number of carboxylic acid groups (broad SMARTS) is 1. The molecule has 0 unspecified atom stereocenters. The van der Waals surface area contributed by atoms with Gasteiger partial charge in [0.05, 0.1) is 21.3 Å². The summed E-state index contributed by atoms with van der Waals surface area (Å²) in [6.45, 7) is 1.83. The Kier molecular flexibility index (Phi) is 3.26. The van der Waals surface area contributed by atoms with Crippen LogP contribution in [0.1, 0.15) is 23.2 Å². The van der Waals surface area contributed by atoms with Crippen molar-refractivity contribution in [2.75, 3.05) is 18.0 Å². The van der Waals surface area contributed by atoms with Gasteiger partial charge in [-0.25, -0.2) is 4.79 Å². The lowest BCUT2D eigenvalue weighted by atomic mass is 10.2. The summed E-state index contributed by atoms with van der Waals surface area (Å²) in [4.78, 5) is 13.0. The van der Waals surface area contributed by atoms with Crippen LogP contribution in [0.25, 0.3) is 0 Å². The van der Waals surface area contributed by atoms with Crippen molar-refractivity contribution in [1.82, 2.24) is 0 Å². The number of anilines is 1. The van der Waals surface area contributed by atoms with E-state index in [1.54, 1.807) is 6.07 Å². The van der Waals surface area contributed by atoms with Gasteiger partial charge in [-0.05, 0) is 25.0 Å². The minimum atomic E-state index is -1.03. The molecule has 1 heterocycles. The Hall–Kier alpha value is -0.930. The highest BCUT2D eigenvalue weighted by Crippen LogP contribution is 2.33. The summed E-state index contributed by atoms with van der Waals surface area (Å²) >= 11 is 11.9. The van der Waals surface area contributed by atoms with Gasteiger partial charge in [-0.2, -0.15) is 0 Å². The molecule has 0 aromatic heterocycles. The van der Waals surface area contributed by atoms with E-state index in [2.05, 4.69) is 4.90 Å². The highest BCUT2D eigenvalue weighted by molar-refractivity contribution is 6.38. The van der Waals surface area contributed by atoms with E-state index in [0.29, 0.717) is 5.02 Å². The lowest BCUT2D eigenvalue weighted by Gasteiger charge is -2.19. The number of halogens is 2. The zero-order valence-electron chi connectivity index (χ0n) is 8.54. The molecule has 1 aromatic rings. The first-order valence-electron chi connectivity index (χ1n) is 5.07. The predicted octanol–water partition coefficient (Wildman–Crippen LogP) is 3.29. The quantitative estimate of drug-likeness (QED) is 0.886. The summed E-state index contributed by atoms with van der Waals surface area (Å²) < 4.78 is 0. The van der Waals surface area contributed by atoms with Crippen LogP contribution in [0.2, 0.25) is 10.0 Å². The number of carboxylic acids is 1. The molecule has 1 fully saturated rings. The average molecular weight is 260 g/mol. The molecule has 2 rings (SSSR count). The van der Waals surface area contributed by atoms with Crippen LogP contribution in [0, 0.1) is 0 Å². The van der Waals surface area contributed by atoms with E-state index in [4.69, 9.17) is 28.3 Å². The smallest absolute Gasteiger partial charge is 0.337 e. The highest BCUT2D eigenvalue weighted by atomic mass is 35.5. The van der Waals surface area contributed by atoms with Crippen molar-refractivity contribution in [1.29, 1.82) is 0 Å². The monoisotopic (exact) mass is 259 g/mol. The van der Waals surface area contributed by atoms with Gasteiger partial charge in [0.25, 0.3) is 0 Å². The number of hydrogen-bond donors (Lipinski definition) is 1. The van der Waals surface area contributed by atoms with Gasteiger partial charge in [0, 0.05) is 13.1 Å². The molecule has 5 heteroatoms. The SMILES string of the molecule is O=C(O)c1cc(N2CCCC2)c(Cl)cc1Cl. The number of aromatic carboxylic acids is 1. The van der Waals surface area contributed by atoms with E-state index in [9.17, 15) is 4.79 Å². The largest absolute Gasteiger partial charge is 0.478 e. The molecule has 0 amide bonds. The van der Waals surface area contributed by atoms with Crippen molar-refractivity contribution in [2.45, 2.75) is 12.8 Å². The lowest BCUT2D eigenvalue weighted by Crippen LogP contribution is -2.18. The fourth-order valence-corrected chi connectivity index (χ4v) is 2.49. The van der Waals surface area contributed by atoms with Gasteiger partial charge < -0.3 is 10.0 Å². The molecular formula is C11H11Cl2NO2. The van der Waals surface area contributed by atoms with Gasteiger partial charge in [-0.15, -0.1) is 0 Å². The van der Waals surface area contributed by atoms with Crippen molar-refractivity contribution >= 4 is 34.9 Å². The maximum absolute atomic E-state index is 11.0. The van der Waals surface area contributed by atoms with E-state index >= 15 is 0 Å². The van der Waals surface area contributed by atoms with E-state index in [0.717, 1.165) is 31.6 Å². The van der Waals surface area contributed by atoms with Gasteiger partial charge in [0.15, 0.2) is 0 Å². The van der Waals surface area contributed by atoms with Crippen molar-refractivity contribution < 1.29 is 9.90 Å². The Balaban J connectivity index is 2.44. The number of rotatable bonds is 2. The summed E-state index contributed by atoms with van der Waals surface area (Å²) in [6.07, 6.45) is 2.22. The first-order valence-corrected chi connectivity index (χ1v) is 5.82. The van der Waals surface area contributed by atoms with Crippen LogP contribution < -0.4 is 4.90 Å². The highest BCUT2D eigenvalue weighted by Gasteiger charge is 2.19. The van der Waals surface area contributed by atoms with Gasteiger partial charge in [0.1, 0.15) is 0 Å². The Morgan fingerprint density at radius 3 is 2.38 bits per heavy atom. The Bertz CT molecular complexity index is 428. The second-order valence-corrected chi connectivity index (χ2v) is 4.60. The minimum absolute atomic E-state index is 0.105. The maximum atomic E-state index is 11.0. The molecule has 0 aliphatic carbocycles. The molecule has 0 atom stereocenters. The summed E-state index contributed by atoms with van der Waals surface area (Å²) in [5.41, 5.74) is 0.869. The van der Waals surface area contributed by atoms with E-state index in [1.165, 1.54) is 6.07 Å². The summed E-state index contributed by atoms with van der Waals surface area (Å²) in [5.74, 6) is -1.03. The Morgan fingerprint density at radius 1 is 1.19 bits per heavy atom. The van der Waals surface area contributed by atoms with Gasteiger partial charge >= 0.3 is 5.97 Å². The van der Waals surface area contributed by atoms with Crippen molar-refractivity contribution in [3.05, 3.63) is 27.7 Å². The fourth-order valence-electron chi connectivity index (χ4n) is 1.90. The molecule has 1 N–H and O–H groups in total. The molecule has 3 nitrogen and oxygen atoms in total. The molecule has 0 saturated carbocycles. The van der Waals surface area contributed by atoms with Crippen molar-refractivity contribution in [2.24, 2.45) is 0 Å². The van der Waals surface area contributed by atoms with Crippen LogP contribution in [0.4, 0.5) is 5.69 Å². The van der Waals surface area contributed by atoms with Crippen LogP contribution in [-0.2, 0) is 0 Å². The standard InChI is InChI=1S/C11H11Cl2NO2/c12-8-6-9(13)10(5-7(8)11(15)16)14-3-1-2-4-14/h5-6H,1-4H2,(H,15,16). The minimum Gasteiger partial charge on any atom is -0.478 e. The molecule has 0 bridgehead atoms. The third-order valence-electron chi connectivity index (χ3n) is 2.71. The first kappa shape index (κ1) is 11.6. The van der Waals surface area contributed by atoms with Crippen molar-refractivity contribution in [3.8, 4) is 0 Å². The molecule has 0 radical (unpaired) electrons. The number of benzene rings is 1. The molecule has 16 heavy (non-hydrogen) atoms. The lowest BCUT2D eigenvalue weighted by molar-refractivity contribution is 0.0697. The zero-order valence-corrected chi connectivity index (χ0v) is 10.1. The third-order valence-corrected chi connectivity index (χ3v) is 3.33. The molecular weight excluding hydrogens is 249 g/mol. The molecule has 86 valence electrons. The van der Waals surface area contributed by atoms with Gasteiger partial charge in [-0.3, -0.25) is 0 Å². The normalized spacial score (nSPS) is 15.5. The van der Waals surface area contributed by atoms with Crippen LogP contribution in [0.5, 0.6) is 0 Å². The number of carbonyl (C=O) groups is 1.